The van der Waals surface area contributed by atoms with Crippen LogP contribution in [-0.4, -0.2) is 41.1 Å². The van der Waals surface area contributed by atoms with E-state index in [1.54, 1.807) is 23.3 Å². The Hall–Kier alpha value is -3.09. The molecule has 0 radical (unpaired) electrons. The van der Waals surface area contributed by atoms with Crippen molar-refractivity contribution >= 4 is 17.5 Å². The monoisotopic (exact) mass is 367 g/mol. The van der Waals surface area contributed by atoms with Crippen LogP contribution >= 0.6 is 0 Å². The predicted molar refractivity (Wildman–Crippen MR) is 97.8 cm³/mol. The van der Waals surface area contributed by atoms with E-state index in [2.05, 4.69) is 10.5 Å². The van der Waals surface area contributed by atoms with Crippen molar-refractivity contribution < 1.29 is 18.8 Å². The first kappa shape index (κ1) is 17.3. The molecule has 0 spiro atoms. The van der Waals surface area contributed by atoms with E-state index in [9.17, 15) is 9.59 Å². The number of hydrogen-bond donors (Lipinski definition) is 1. The second-order valence-corrected chi connectivity index (χ2v) is 6.69. The smallest absolute Gasteiger partial charge is 0.267 e. The number of carbonyl (C=O) groups is 2. The lowest BCUT2D eigenvalue weighted by Crippen LogP contribution is -2.49. The SMILES string of the molecule is O=C(NCc1ccco1)C1CCCN1C(=O)C1CC(c2ccccc2)=NO1. The molecule has 0 bridgehead atoms. The summed E-state index contributed by atoms with van der Waals surface area (Å²) in [7, 11) is 0. The summed E-state index contributed by atoms with van der Waals surface area (Å²) < 4.78 is 5.23. The lowest BCUT2D eigenvalue weighted by Gasteiger charge is -2.25. The van der Waals surface area contributed by atoms with Gasteiger partial charge in [0, 0.05) is 13.0 Å². The number of oxime groups is 1. The van der Waals surface area contributed by atoms with Gasteiger partial charge in [-0.3, -0.25) is 9.59 Å². The van der Waals surface area contributed by atoms with Crippen LogP contribution in [0.3, 0.4) is 0 Å². The van der Waals surface area contributed by atoms with E-state index in [0.717, 1.165) is 17.7 Å². The van der Waals surface area contributed by atoms with Crippen LogP contribution in [0.5, 0.6) is 0 Å². The molecule has 0 saturated carbocycles. The summed E-state index contributed by atoms with van der Waals surface area (Å²) in [6, 6.07) is 12.8. The summed E-state index contributed by atoms with van der Waals surface area (Å²) in [4.78, 5) is 32.4. The minimum atomic E-state index is -0.668. The number of furan rings is 1. The van der Waals surface area contributed by atoms with Crippen LogP contribution in [0, 0.1) is 0 Å². The maximum absolute atomic E-state index is 12.9. The zero-order valence-electron chi connectivity index (χ0n) is 14.8. The summed E-state index contributed by atoms with van der Waals surface area (Å²) in [5, 5.41) is 6.92. The molecule has 1 saturated heterocycles. The van der Waals surface area contributed by atoms with Crippen molar-refractivity contribution in [3.63, 3.8) is 0 Å². The molecule has 1 aromatic carbocycles. The first-order valence-electron chi connectivity index (χ1n) is 9.11. The molecule has 3 heterocycles. The quantitative estimate of drug-likeness (QED) is 0.877. The number of amides is 2. The molecule has 7 nitrogen and oxygen atoms in total. The zero-order chi connectivity index (χ0) is 18.6. The van der Waals surface area contributed by atoms with Gasteiger partial charge in [0.2, 0.25) is 12.0 Å². The molecule has 1 aromatic heterocycles. The minimum Gasteiger partial charge on any atom is -0.467 e. The molecule has 2 aromatic rings. The van der Waals surface area contributed by atoms with Crippen molar-refractivity contribution in [1.29, 1.82) is 0 Å². The van der Waals surface area contributed by atoms with E-state index in [1.165, 1.54) is 0 Å². The molecular weight excluding hydrogens is 346 g/mol. The number of benzene rings is 1. The average Bonchev–Trinajstić information content (AvgIpc) is 3.47. The standard InChI is InChI=1S/C20H21N3O4/c24-19(21-13-15-8-5-11-26-15)17-9-4-10-23(17)20(25)18-12-16(22-27-18)14-6-2-1-3-7-14/h1-3,5-8,11,17-18H,4,9-10,12-13H2,(H,21,24). The van der Waals surface area contributed by atoms with E-state index >= 15 is 0 Å². The van der Waals surface area contributed by atoms with Crippen molar-refractivity contribution in [3.05, 3.63) is 60.1 Å². The molecular formula is C20H21N3O4. The first-order chi connectivity index (χ1) is 13.2. The molecule has 1 fully saturated rings. The highest BCUT2D eigenvalue weighted by atomic mass is 16.6. The molecule has 2 amide bonds. The van der Waals surface area contributed by atoms with Crippen LogP contribution < -0.4 is 5.32 Å². The van der Waals surface area contributed by atoms with Gasteiger partial charge in [-0.25, -0.2) is 0 Å². The minimum absolute atomic E-state index is 0.167. The van der Waals surface area contributed by atoms with Crippen molar-refractivity contribution in [2.45, 2.75) is 38.0 Å². The molecule has 4 rings (SSSR count). The summed E-state index contributed by atoms with van der Waals surface area (Å²) >= 11 is 0. The van der Waals surface area contributed by atoms with Crippen LogP contribution in [0.25, 0.3) is 0 Å². The number of hydrogen-bond acceptors (Lipinski definition) is 5. The van der Waals surface area contributed by atoms with Gasteiger partial charge in [-0.05, 0) is 30.5 Å². The normalized spacial score (nSPS) is 21.6. The van der Waals surface area contributed by atoms with Gasteiger partial charge in [0.25, 0.3) is 5.91 Å². The molecule has 7 heteroatoms. The maximum atomic E-state index is 12.9. The summed E-state index contributed by atoms with van der Waals surface area (Å²) in [5.41, 5.74) is 1.70. The number of nitrogens with one attached hydrogen (secondary N) is 1. The Balaban J connectivity index is 1.36. The number of nitrogens with zero attached hydrogens (tertiary/aromatic N) is 2. The van der Waals surface area contributed by atoms with Crippen LogP contribution in [0.4, 0.5) is 0 Å². The zero-order valence-corrected chi connectivity index (χ0v) is 14.8. The third-order valence-corrected chi connectivity index (χ3v) is 4.91. The Bertz CT molecular complexity index is 832. The number of likely N-dealkylation sites (tertiary alicyclic amines) is 1. The highest BCUT2D eigenvalue weighted by molar-refractivity contribution is 6.04. The molecule has 2 aliphatic heterocycles. The molecule has 2 unspecified atom stereocenters. The molecule has 1 N–H and O–H groups in total. The average molecular weight is 367 g/mol. The van der Waals surface area contributed by atoms with Crippen LogP contribution in [0.2, 0.25) is 0 Å². The van der Waals surface area contributed by atoms with Gasteiger partial charge in [0.05, 0.1) is 18.5 Å². The second kappa shape index (κ2) is 7.65. The van der Waals surface area contributed by atoms with E-state index in [0.29, 0.717) is 31.7 Å². The molecule has 2 atom stereocenters. The van der Waals surface area contributed by atoms with Gasteiger partial charge < -0.3 is 19.5 Å². The lowest BCUT2D eigenvalue weighted by molar-refractivity contribution is -0.146. The van der Waals surface area contributed by atoms with Gasteiger partial charge >= 0.3 is 0 Å². The first-order valence-corrected chi connectivity index (χ1v) is 9.11. The fourth-order valence-electron chi connectivity index (χ4n) is 3.50. The van der Waals surface area contributed by atoms with Gasteiger partial charge in [-0.15, -0.1) is 0 Å². The van der Waals surface area contributed by atoms with Gasteiger partial charge in [-0.1, -0.05) is 35.5 Å². The van der Waals surface area contributed by atoms with Gasteiger partial charge in [0.15, 0.2) is 0 Å². The lowest BCUT2D eigenvalue weighted by atomic mass is 10.0. The Morgan fingerprint density at radius 1 is 1.19 bits per heavy atom. The van der Waals surface area contributed by atoms with E-state index < -0.39 is 12.1 Å². The summed E-state index contributed by atoms with van der Waals surface area (Å²) in [6.07, 6.45) is 2.76. The van der Waals surface area contributed by atoms with E-state index in [4.69, 9.17) is 9.25 Å². The van der Waals surface area contributed by atoms with Crippen molar-refractivity contribution in [3.8, 4) is 0 Å². The second-order valence-electron chi connectivity index (χ2n) is 6.69. The fraction of sp³-hybridized carbons (Fsp3) is 0.350. The topological polar surface area (TPSA) is 84.1 Å². The van der Waals surface area contributed by atoms with Crippen LogP contribution in [0.15, 0.2) is 58.3 Å². The molecule has 27 heavy (non-hydrogen) atoms. The Morgan fingerprint density at radius 3 is 2.81 bits per heavy atom. The van der Waals surface area contributed by atoms with Crippen molar-refractivity contribution in [1.82, 2.24) is 10.2 Å². The fourth-order valence-corrected chi connectivity index (χ4v) is 3.50. The van der Waals surface area contributed by atoms with Crippen LogP contribution in [0.1, 0.15) is 30.6 Å². The van der Waals surface area contributed by atoms with Crippen LogP contribution in [-0.2, 0) is 21.0 Å². The molecule has 2 aliphatic rings. The third-order valence-electron chi connectivity index (χ3n) is 4.91. The Labute approximate surface area is 157 Å². The van der Waals surface area contributed by atoms with Crippen molar-refractivity contribution in [2.24, 2.45) is 5.16 Å². The Kier molecular flexibility index (Phi) is 4.91. The summed E-state index contributed by atoms with van der Waals surface area (Å²) in [5.74, 6) is 0.332. The predicted octanol–water partition coefficient (Wildman–Crippen LogP) is 2.08. The van der Waals surface area contributed by atoms with E-state index in [1.807, 2.05) is 30.3 Å². The van der Waals surface area contributed by atoms with E-state index in [-0.39, 0.29) is 11.8 Å². The highest BCUT2D eigenvalue weighted by Gasteiger charge is 2.40. The molecule has 140 valence electrons. The number of rotatable bonds is 5. The third kappa shape index (κ3) is 3.72. The highest BCUT2D eigenvalue weighted by Crippen LogP contribution is 2.24. The summed E-state index contributed by atoms with van der Waals surface area (Å²) in [6.45, 7) is 0.865. The number of carbonyl (C=O) groups excluding carboxylic acids is 2. The van der Waals surface area contributed by atoms with Gasteiger partial charge in [0.1, 0.15) is 11.8 Å². The van der Waals surface area contributed by atoms with Crippen molar-refractivity contribution in [2.75, 3.05) is 6.54 Å². The Morgan fingerprint density at radius 2 is 2.04 bits per heavy atom. The van der Waals surface area contributed by atoms with Gasteiger partial charge in [-0.2, -0.15) is 0 Å². The largest absolute Gasteiger partial charge is 0.467 e. The molecule has 0 aliphatic carbocycles. The maximum Gasteiger partial charge on any atom is 0.267 e.